The first-order valence-electron chi connectivity index (χ1n) is 8.73. The van der Waals surface area contributed by atoms with Crippen LogP contribution in [0, 0.1) is 11.6 Å². The van der Waals surface area contributed by atoms with Crippen LogP contribution >= 0.6 is 0 Å². The summed E-state index contributed by atoms with van der Waals surface area (Å²) in [5.74, 6) is -2.65. The van der Waals surface area contributed by atoms with Gasteiger partial charge in [-0.15, -0.1) is 0 Å². The first-order chi connectivity index (χ1) is 14.7. The molecule has 1 aliphatic rings. The molecule has 12 heteroatoms. The summed E-state index contributed by atoms with van der Waals surface area (Å²) in [6.07, 6.45) is 2.56. The van der Waals surface area contributed by atoms with E-state index in [4.69, 9.17) is 15.1 Å². The zero-order chi connectivity index (χ0) is 22.3. The standard InChI is InChI=1S/C19H14F2N4O5S/c20-14-4-11(31(22,28)29)5-15(21)13(14)8-25-18(26)9-30-17-7-23-16-3-10(6-24-27)1-2-12(16)19(17)25/h1-7,27H,8-9H2,(H2,22,28,29)/b24-6+. The molecule has 2 heterocycles. The van der Waals surface area contributed by atoms with E-state index in [-0.39, 0.29) is 18.0 Å². The number of aromatic nitrogens is 1. The van der Waals surface area contributed by atoms with Gasteiger partial charge in [0.2, 0.25) is 10.0 Å². The number of amides is 1. The fraction of sp³-hybridized carbons (Fsp3) is 0.105. The molecule has 3 N–H and O–H groups in total. The third-order valence-electron chi connectivity index (χ3n) is 4.72. The number of halogens is 2. The van der Waals surface area contributed by atoms with E-state index in [0.29, 0.717) is 28.6 Å². The summed E-state index contributed by atoms with van der Waals surface area (Å²) < 4.78 is 57.4. The van der Waals surface area contributed by atoms with Crippen molar-refractivity contribution in [2.75, 3.05) is 11.5 Å². The lowest BCUT2D eigenvalue weighted by molar-refractivity contribution is -0.121. The fourth-order valence-electron chi connectivity index (χ4n) is 3.27. The molecule has 0 spiro atoms. The highest BCUT2D eigenvalue weighted by molar-refractivity contribution is 7.89. The number of hydrogen-bond donors (Lipinski definition) is 2. The maximum Gasteiger partial charge on any atom is 0.265 e. The molecule has 0 atom stereocenters. The van der Waals surface area contributed by atoms with E-state index in [0.717, 1.165) is 4.90 Å². The van der Waals surface area contributed by atoms with Crippen molar-refractivity contribution in [2.24, 2.45) is 10.3 Å². The average molecular weight is 448 g/mol. The van der Waals surface area contributed by atoms with Gasteiger partial charge in [0.1, 0.15) is 11.6 Å². The van der Waals surface area contributed by atoms with Gasteiger partial charge in [-0.05, 0) is 29.8 Å². The molecule has 1 amide bonds. The zero-order valence-corrected chi connectivity index (χ0v) is 16.4. The molecule has 1 aliphatic heterocycles. The number of nitrogens with zero attached hydrogens (tertiary/aromatic N) is 3. The van der Waals surface area contributed by atoms with Crippen molar-refractivity contribution in [1.82, 2.24) is 4.98 Å². The Morgan fingerprint density at radius 2 is 1.97 bits per heavy atom. The quantitative estimate of drug-likeness (QED) is 0.356. The van der Waals surface area contributed by atoms with E-state index in [1.807, 2.05) is 0 Å². The minimum absolute atomic E-state index is 0.234. The van der Waals surface area contributed by atoms with Gasteiger partial charge in [-0.25, -0.2) is 22.3 Å². The van der Waals surface area contributed by atoms with E-state index in [2.05, 4.69) is 10.1 Å². The molecule has 9 nitrogen and oxygen atoms in total. The molecule has 0 unspecified atom stereocenters. The van der Waals surface area contributed by atoms with E-state index in [9.17, 15) is 22.0 Å². The number of carbonyl (C=O) groups excluding carboxylic acids is 1. The molecule has 1 aromatic heterocycles. The van der Waals surface area contributed by atoms with Gasteiger partial charge in [-0.2, -0.15) is 0 Å². The van der Waals surface area contributed by atoms with Gasteiger partial charge in [0.25, 0.3) is 5.91 Å². The Balaban J connectivity index is 1.83. The van der Waals surface area contributed by atoms with Gasteiger partial charge in [0.05, 0.1) is 35.1 Å². The Morgan fingerprint density at radius 3 is 2.61 bits per heavy atom. The molecule has 31 heavy (non-hydrogen) atoms. The highest BCUT2D eigenvalue weighted by Gasteiger charge is 2.30. The number of ether oxygens (including phenoxy) is 1. The topological polar surface area (TPSA) is 135 Å². The van der Waals surface area contributed by atoms with Gasteiger partial charge in [0.15, 0.2) is 12.4 Å². The number of benzene rings is 2. The summed E-state index contributed by atoms with van der Waals surface area (Å²) in [5.41, 5.74) is 0.698. The highest BCUT2D eigenvalue weighted by Crippen LogP contribution is 2.39. The van der Waals surface area contributed by atoms with Crippen LogP contribution in [0.25, 0.3) is 10.9 Å². The number of carbonyl (C=O) groups is 1. The molecule has 3 aromatic rings. The van der Waals surface area contributed by atoms with Crippen LogP contribution in [0.2, 0.25) is 0 Å². The molecule has 0 saturated heterocycles. The smallest absolute Gasteiger partial charge is 0.265 e. The SMILES string of the molecule is NS(=O)(=O)c1cc(F)c(CN2C(=O)COc3cnc4cc(/C=N/O)ccc4c32)c(F)c1. The van der Waals surface area contributed by atoms with Gasteiger partial charge in [-0.3, -0.25) is 9.78 Å². The first-order valence-corrected chi connectivity index (χ1v) is 10.3. The molecule has 4 rings (SSSR count). The average Bonchev–Trinajstić information content (AvgIpc) is 2.71. The largest absolute Gasteiger partial charge is 0.480 e. The Bertz CT molecular complexity index is 1340. The number of pyridine rings is 1. The number of primary sulfonamides is 1. The normalized spacial score (nSPS) is 14.2. The lowest BCUT2D eigenvalue weighted by Gasteiger charge is -2.30. The number of anilines is 1. The molecular weight excluding hydrogens is 434 g/mol. The second-order valence-corrected chi connectivity index (χ2v) is 8.23. The van der Waals surface area contributed by atoms with Crippen LogP contribution in [-0.2, 0) is 21.4 Å². The third-order valence-corrected chi connectivity index (χ3v) is 5.61. The monoisotopic (exact) mass is 448 g/mol. The van der Waals surface area contributed by atoms with E-state index in [1.165, 1.54) is 12.4 Å². The summed E-state index contributed by atoms with van der Waals surface area (Å²) >= 11 is 0. The van der Waals surface area contributed by atoms with Crippen LogP contribution in [0.3, 0.4) is 0 Å². The van der Waals surface area contributed by atoms with Gasteiger partial charge in [0, 0.05) is 10.9 Å². The van der Waals surface area contributed by atoms with Crippen LogP contribution in [0.15, 0.2) is 46.6 Å². The van der Waals surface area contributed by atoms with E-state index >= 15 is 0 Å². The van der Waals surface area contributed by atoms with E-state index < -0.39 is 44.6 Å². The lowest BCUT2D eigenvalue weighted by atomic mass is 10.1. The van der Waals surface area contributed by atoms with Crippen molar-refractivity contribution >= 4 is 38.7 Å². The molecular formula is C19H14F2N4O5S. The van der Waals surface area contributed by atoms with Crippen molar-refractivity contribution in [2.45, 2.75) is 11.4 Å². The molecule has 0 saturated carbocycles. The van der Waals surface area contributed by atoms with Crippen molar-refractivity contribution in [1.29, 1.82) is 0 Å². The Labute approximate surface area is 174 Å². The first kappa shape index (κ1) is 20.6. The van der Waals surface area contributed by atoms with Crippen LogP contribution in [0.5, 0.6) is 5.75 Å². The molecule has 0 bridgehead atoms. The number of fused-ring (bicyclic) bond motifs is 3. The number of hydrogen-bond acceptors (Lipinski definition) is 7. The molecule has 0 radical (unpaired) electrons. The number of oxime groups is 1. The molecule has 160 valence electrons. The van der Waals surface area contributed by atoms with Crippen molar-refractivity contribution in [3.63, 3.8) is 0 Å². The van der Waals surface area contributed by atoms with Crippen LogP contribution in [0.1, 0.15) is 11.1 Å². The van der Waals surface area contributed by atoms with E-state index in [1.54, 1.807) is 18.2 Å². The summed E-state index contributed by atoms with van der Waals surface area (Å²) in [4.78, 5) is 17.3. The minimum Gasteiger partial charge on any atom is -0.480 e. The molecule has 2 aromatic carbocycles. The Kier molecular flexibility index (Phi) is 5.03. The third kappa shape index (κ3) is 3.78. The van der Waals surface area contributed by atoms with Gasteiger partial charge >= 0.3 is 0 Å². The number of nitrogens with two attached hydrogens (primary N) is 1. The van der Waals surface area contributed by atoms with Crippen molar-refractivity contribution < 1.29 is 31.9 Å². The van der Waals surface area contributed by atoms with Crippen LogP contribution in [0.4, 0.5) is 14.5 Å². The zero-order valence-electron chi connectivity index (χ0n) is 15.6. The maximum atomic E-state index is 14.6. The lowest BCUT2D eigenvalue weighted by Crippen LogP contribution is -2.39. The second kappa shape index (κ2) is 7.56. The summed E-state index contributed by atoms with van der Waals surface area (Å²) in [7, 11) is -4.31. The van der Waals surface area contributed by atoms with Gasteiger partial charge < -0.3 is 14.8 Å². The maximum absolute atomic E-state index is 14.6. The minimum atomic E-state index is -4.31. The second-order valence-electron chi connectivity index (χ2n) is 6.67. The number of rotatable bonds is 4. The summed E-state index contributed by atoms with van der Waals surface area (Å²) in [6.45, 7) is -0.884. The van der Waals surface area contributed by atoms with Gasteiger partial charge in [-0.1, -0.05) is 11.2 Å². The molecule has 0 aliphatic carbocycles. The molecule has 0 fully saturated rings. The Hall–Kier alpha value is -3.64. The summed E-state index contributed by atoms with van der Waals surface area (Å²) in [5, 5.41) is 17.1. The van der Waals surface area contributed by atoms with Crippen LogP contribution in [-0.4, -0.2) is 37.3 Å². The number of sulfonamides is 1. The fourth-order valence-corrected chi connectivity index (χ4v) is 3.81. The highest BCUT2D eigenvalue weighted by atomic mass is 32.2. The van der Waals surface area contributed by atoms with Crippen LogP contribution < -0.4 is 14.8 Å². The predicted molar refractivity (Wildman–Crippen MR) is 106 cm³/mol. The predicted octanol–water partition coefficient (Wildman–Crippen LogP) is 1.89. The van der Waals surface area contributed by atoms with Crippen molar-refractivity contribution in [3.8, 4) is 5.75 Å². The summed E-state index contributed by atoms with van der Waals surface area (Å²) in [6, 6.07) is 6.00. The Morgan fingerprint density at radius 1 is 1.26 bits per heavy atom. The van der Waals surface area contributed by atoms with Crippen molar-refractivity contribution in [3.05, 3.63) is 59.3 Å².